The van der Waals surface area contributed by atoms with Crippen molar-refractivity contribution in [3.05, 3.63) is 54.1 Å². The van der Waals surface area contributed by atoms with E-state index >= 15 is 0 Å². The van der Waals surface area contributed by atoms with Gasteiger partial charge in [0.05, 0.1) is 22.4 Å². The SMILES string of the molecule is O=C(CCS(=O)(=O)c1ccccc1)N1C2CCC1c1cncnc1C2. The van der Waals surface area contributed by atoms with Crippen molar-refractivity contribution in [3.8, 4) is 0 Å². The molecule has 2 aliphatic heterocycles. The lowest BCUT2D eigenvalue weighted by Gasteiger charge is -2.35. The maximum Gasteiger partial charge on any atom is 0.224 e. The molecule has 0 saturated carbocycles. The van der Waals surface area contributed by atoms with Crippen LogP contribution in [0.15, 0.2) is 47.8 Å². The Morgan fingerprint density at radius 3 is 2.80 bits per heavy atom. The second kappa shape index (κ2) is 6.22. The predicted octanol–water partition coefficient (Wildman–Crippen LogP) is 1.93. The fraction of sp³-hybridized carbons (Fsp3) is 0.389. The summed E-state index contributed by atoms with van der Waals surface area (Å²) in [6.45, 7) is 0. The fourth-order valence-electron chi connectivity index (χ4n) is 3.90. The summed E-state index contributed by atoms with van der Waals surface area (Å²) in [7, 11) is -3.44. The van der Waals surface area contributed by atoms with E-state index in [0.717, 1.165) is 30.5 Å². The lowest BCUT2D eigenvalue weighted by atomic mass is 9.99. The van der Waals surface area contributed by atoms with Crippen LogP contribution in [-0.4, -0.2) is 41.0 Å². The highest BCUT2D eigenvalue weighted by molar-refractivity contribution is 7.91. The molecule has 0 N–H and O–H groups in total. The molecule has 0 radical (unpaired) electrons. The van der Waals surface area contributed by atoms with Crippen LogP contribution in [0.2, 0.25) is 0 Å². The van der Waals surface area contributed by atoms with E-state index in [1.54, 1.807) is 42.9 Å². The molecule has 1 saturated heterocycles. The molecule has 1 aromatic heterocycles. The molecule has 2 atom stereocenters. The number of rotatable bonds is 4. The number of nitrogens with zero attached hydrogens (tertiary/aromatic N) is 3. The Bertz CT molecular complexity index is 899. The quantitative estimate of drug-likeness (QED) is 0.835. The molecule has 1 amide bonds. The van der Waals surface area contributed by atoms with Gasteiger partial charge >= 0.3 is 0 Å². The molecule has 6 nitrogen and oxygen atoms in total. The summed E-state index contributed by atoms with van der Waals surface area (Å²) >= 11 is 0. The number of carbonyl (C=O) groups is 1. The Kier molecular flexibility index (Phi) is 4.03. The molecule has 1 fully saturated rings. The lowest BCUT2D eigenvalue weighted by molar-refractivity contribution is -0.134. The van der Waals surface area contributed by atoms with Crippen molar-refractivity contribution in [2.24, 2.45) is 0 Å². The average Bonchev–Trinajstić information content (AvgIpc) is 2.95. The highest BCUT2D eigenvalue weighted by atomic mass is 32.2. The molecule has 7 heteroatoms. The molecule has 25 heavy (non-hydrogen) atoms. The fourth-order valence-corrected chi connectivity index (χ4v) is 5.15. The predicted molar refractivity (Wildman–Crippen MR) is 91.5 cm³/mol. The van der Waals surface area contributed by atoms with E-state index in [1.807, 2.05) is 4.90 Å². The number of fused-ring (bicyclic) bond motifs is 4. The van der Waals surface area contributed by atoms with Gasteiger partial charge in [-0.2, -0.15) is 0 Å². The van der Waals surface area contributed by atoms with Gasteiger partial charge in [-0.3, -0.25) is 4.79 Å². The summed E-state index contributed by atoms with van der Waals surface area (Å²) in [6.07, 6.45) is 5.89. The van der Waals surface area contributed by atoms with Gasteiger partial charge in [-0.15, -0.1) is 0 Å². The van der Waals surface area contributed by atoms with Gasteiger partial charge in [0.15, 0.2) is 9.84 Å². The van der Waals surface area contributed by atoms with Crippen molar-refractivity contribution in [3.63, 3.8) is 0 Å². The topological polar surface area (TPSA) is 80.2 Å². The average molecular weight is 357 g/mol. The molecule has 0 spiro atoms. The van der Waals surface area contributed by atoms with Crippen molar-refractivity contribution in [1.82, 2.24) is 14.9 Å². The zero-order valence-corrected chi connectivity index (χ0v) is 14.5. The van der Waals surface area contributed by atoms with E-state index in [-0.39, 0.29) is 35.1 Å². The third-order valence-electron chi connectivity index (χ3n) is 5.09. The van der Waals surface area contributed by atoms with Crippen molar-refractivity contribution >= 4 is 15.7 Å². The minimum atomic E-state index is -3.44. The van der Waals surface area contributed by atoms with Crippen LogP contribution in [0.3, 0.4) is 0 Å². The van der Waals surface area contributed by atoms with Crippen LogP contribution in [0.5, 0.6) is 0 Å². The molecule has 0 aliphatic carbocycles. The second-order valence-corrected chi connectivity index (χ2v) is 8.67. The Hall–Kier alpha value is -2.28. The van der Waals surface area contributed by atoms with E-state index in [2.05, 4.69) is 9.97 Å². The summed E-state index contributed by atoms with van der Waals surface area (Å²) in [6, 6.07) is 8.40. The first-order valence-corrected chi connectivity index (χ1v) is 10.1. The van der Waals surface area contributed by atoms with Gasteiger partial charge in [-0.05, 0) is 25.0 Å². The normalized spacial score (nSPS) is 21.8. The Labute approximate surface area is 146 Å². The van der Waals surface area contributed by atoms with Gasteiger partial charge < -0.3 is 4.90 Å². The van der Waals surface area contributed by atoms with Crippen LogP contribution in [-0.2, 0) is 21.1 Å². The number of sulfone groups is 1. The molecule has 2 aliphatic rings. The largest absolute Gasteiger partial charge is 0.332 e. The van der Waals surface area contributed by atoms with Crippen LogP contribution in [0, 0.1) is 0 Å². The minimum absolute atomic E-state index is 0.00719. The zero-order valence-electron chi connectivity index (χ0n) is 13.7. The van der Waals surface area contributed by atoms with Crippen LogP contribution in [0.4, 0.5) is 0 Å². The van der Waals surface area contributed by atoms with E-state index in [9.17, 15) is 13.2 Å². The van der Waals surface area contributed by atoms with E-state index in [4.69, 9.17) is 0 Å². The Balaban J connectivity index is 1.50. The van der Waals surface area contributed by atoms with Gasteiger partial charge in [0.1, 0.15) is 6.33 Å². The maximum atomic E-state index is 12.8. The maximum absolute atomic E-state index is 12.8. The first-order valence-electron chi connectivity index (χ1n) is 8.44. The zero-order chi connectivity index (χ0) is 17.4. The van der Waals surface area contributed by atoms with Gasteiger partial charge in [0.2, 0.25) is 5.91 Å². The van der Waals surface area contributed by atoms with Gasteiger partial charge in [-0.1, -0.05) is 18.2 Å². The summed E-state index contributed by atoms with van der Waals surface area (Å²) in [4.78, 5) is 23.3. The Morgan fingerprint density at radius 2 is 2.00 bits per heavy atom. The standard InChI is InChI=1S/C18H19N3O3S/c22-18(8-9-25(23,24)14-4-2-1-3-5-14)21-13-6-7-17(21)15-11-19-12-20-16(15)10-13/h1-5,11-13,17H,6-10H2. The second-order valence-electron chi connectivity index (χ2n) is 6.56. The van der Waals surface area contributed by atoms with Crippen LogP contribution < -0.4 is 0 Å². The molecule has 2 unspecified atom stereocenters. The minimum Gasteiger partial charge on any atom is -0.332 e. The summed E-state index contributed by atoms with van der Waals surface area (Å²) in [5, 5.41) is 0. The molecule has 4 rings (SSSR count). The van der Waals surface area contributed by atoms with Crippen LogP contribution in [0.1, 0.15) is 36.6 Å². The monoisotopic (exact) mass is 357 g/mol. The van der Waals surface area contributed by atoms with E-state index in [0.29, 0.717) is 0 Å². The van der Waals surface area contributed by atoms with Crippen molar-refractivity contribution < 1.29 is 13.2 Å². The van der Waals surface area contributed by atoms with Crippen LogP contribution in [0.25, 0.3) is 0 Å². The van der Waals surface area contributed by atoms with Crippen molar-refractivity contribution in [2.45, 2.75) is 42.7 Å². The number of amides is 1. The van der Waals surface area contributed by atoms with Crippen LogP contribution >= 0.6 is 0 Å². The molecular weight excluding hydrogens is 338 g/mol. The summed E-state index contributed by atoms with van der Waals surface area (Å²) < 4.78 is 24.8. The van der Waals surface area contributed by atoms with Crippen molar-refractivity contribution in [2.75, 3.05) is 5.75 Å². The third-order valence-corrected chi connectivity index (χ3v) is 6.82. The highest BCUT2D eigenvalue weighted by Gasteiger charge is 2.43. The lowest BCUT2D eigenvalue weighted by Crippen LogP contribution is -2.42. The molecule has 3 heterocycles. The molecule has 1 aromatic carbocycles. The third kappa shape index (κ3) is 2.93. The van der Waals surface area contributed by atoms with Gasteiger partial charge in [-0.25, -0.2) is 18.4 Å². The number of benzene rings is 1. The van der Waals surface area contributed by atoms with Gasteiger partial charge in [0, 0.05) is 30.6 Å². The Morgan fingerprint density at radius 1 is 1.20 bits per heavy atom. The number of aromatic nitrogens is 2. The number of carbonyl (C=O) groups excluding carboxylic acids is 1. The first kappa shape index (κ1) is 16.2. The number of hydrogen-bond donors (Lipinski definition) is 0. The van der Waals surface area contributed by atoms with E-state index < -0.39 is 9.84 Å². The highest BCUT2D eigenvalue weighted by Crippen LogP contribution is 2.42. The van der Waals surface area contributed by atoms with Crippen molar-refractivity contribution in [1.29, 1.82) is 0 Å². The molecule has 130 valence electrons. The molecule has 2 aromatic rings. The van der Waals surface area contributed by atoms with Gasteiger partial charge in [0.25, 0.3) is 0 Å². The molecule has 2 bridgehead atoms. The number of hydrogen-bond acceptors (Lipinski definition) is 5. The smallest absolute Gasteiger partial charge is 0.224 e. The first-order chi connectivity index (χ1) is 12.1. The van der Waals surface area contributed by atoms with E-state index in [1.165, 1.54) is 0 Å². The summed E-state index contributed by atoms with van der Waals surface area (Å²) in [5.74, 6) is -0.259. The molecular formula is C18H19N3O3S. The summed E-state index contributed by atoms with van der Waals surface area (Å²) in [5.41, 5.74) is 2.03.